The molecule has 0 saturated carbocycles. The van der Waals surface area contributed by atoms with Crippen LogP contribution in [0.15, 0.2) is 30.3 Å². The summed E-state index contributed by atoms with van der Waals surface area (Å²) >= 11 is 12.3. The van der Waals surface area contributed by atoms with Gasteiger partial charge in [0, 0.05) is 16.0 Å². The predicted molar refractivity (Wildman–Crippen MR) is 84.4 cm³/mol. The van der Waals surface area contributed by atoms with Crippen molar-refractivity contribution in [1.29, 1.82) is 0 Å². The highest BCUT2D eigenvalue weighted by Crippen LogP contribution is 2.30. The van der Waals surface area contributed by atoms with E-state index in [9.17, 15) is 4.39 Å². The molecular formula is C16H11Cl2FN2. The monoisotopic (exact) mass is 320 g/mol. The highest BCUT2D eigenvalue weighted by Gasteiger charge is 2.12. The molecule has 0 bridgehead atoms. The Morgan fingerprint density at radius 1 is 1.00 bits per heavy atom. The molecule has 2 aromatic carbocycles. The van der Waals surface area contributed by atoms with Gasteiger partial charge in [-0.25, -0.2) is 14.4 Å². The van der Waals surface area contributed by atoms with Gasteiger partial charge in [-0.15, -0.1) is 0 Å². The molecule has 3 aromatic rings. The SMILES string of the molecule is Cc1ccc(-c2nc(Cl)c3ccc(Cl)c(C)c3n2)cc1F. The van der Waals surface area contributed by atoms with Gasteiger partial charge in [0.25, 0.3) is 0 Å². The van der Waals surface area contributed by atoms with Crippen molar-refractivity contribution in [2.45, 2.75) is 13.8 Å². The molecule has 0 atom stereocenters. The maximum absolute atomic E-state index is 13.7. The van der Waals surface area contributed by atoms with E-state index in [-0.39, 0.29) is 5.82 Å². The van der Waals surface area contributed by atoms with Crippen LogP contribution in [0.3, 0.4) is 0 Å². The third-order valence-corrected chi connectivity index (χ3v) is 4.14. The lowest BCUT2D eigenvalue weighted by atomic mass is 10.1. The summed E-state index contributed by atoms with van der Waals surface area (Å²) in [7, 11) is 0. The molecule has 5 heteroatoms. The van der Waals surface area contributed by atoms with Gasteiger partial charge in [-0.3, -0.25) is 0 Å². The summed E-state index contributed by atoms with van der Waals surface area (Å²) in [5.41, 5.74) is 2.66. The van der Waals surface area contributed by atoms with E-state index < -0.39 is 0 Å². The van der Waals surface area contributed by atoms with Crippen molar-refractivity contribution in [1.82, 2.24) is 9.97 Å². The molecule has 21 heavy (non-hydrogen) atoms. The van der Waals surface area contributed by atoms with E-state index in [4.69, 9.17) is 23.2 Å². The van der Waals surface area contributed by atoms with E-state index in [0.29, 0.717) is 32.6 Å². The second-order valence-corrected chi connectivity index (χ2v) is 5.64. The first-order valence-corrected chi connectivity index (χ1v) is 7.12. The third-order valence-electron chi connectivity index (χ3n) is 3.44. The number of hydrogen-bond acceptors (Lipinski definition) is 2. The Morgan fingerprint density at radius 2 is 1.76 bits per heavy atom. The Bertz CT molecular complexity index is 863. The normalized spacial score (nSPS) is 11.1. The number of halogens is 3. The van der Waals surface area contributed by atoms with Gasteiger partial charge in [-0.05, 0) is 43.2 Å². The summed E-state index contributed by atoms with van der Waals surface area (Å²) in [6.07, 6.45) is 0. The van der Waals surface area contributed by atoms with Gasteiger partial charge in [-0.1, -0.05) is 35.3 Å². The van der Waals surface area contributed by atoms with Crippen LogP contribution in [-0.4, -0.2) is 9.97 Å². The number of rotatable bonds is 1. The summed E-state index contributed by atoms with van der Waals surface area (Å²) in [6, 6.07) is 8.42. The molecular weight excluding hydrogens is 310 g/mol. The molecule has 0 fully saturated rings. The molecule has 0 saturated heterocycles. The smallest absolute Gasteiger partial charge is 0.161 e. The van der Waals surface area contributed by atoms with Crippen LogP contribution in [0.4, 0.5) is 4.39 Å². The summed E-state index contributed by atoms with van der Waals surface area (Å²) in [6.45, 7) is 3.57. The minimum absolute atomic E-state index is 0.296. The molecule has 0 radical (unpaired) electrons. The molecule has 3 rings (SSSR count). The van der Waals surface area contributed by atoms with Crippen molar-refractivity contribution in [2.75, 3.05) is 0 Å². The number of aryl methyl sites for hydroxylation is 2. The van der Waals surface area contributed by atoms with Crippen molar-refractivity contribution in [3.05, 3.63) is 57.5 Å². The number of nitrogens with zero attached hydrogens (tertiary/aromatic N) is 2. The summed E-state index contributed by atoms with van der Waals surface area (Å²) in [5, 5.41) is 1.67. The molecule has 0 amide bonds. The Hall–Kier alpha value is -1.71. The Morgan fingerprint density at radius 3 is 2.48 bits per heavy atom. The van der Waals surface area contributed by atoms with Crippen molar-refractivity contribution >= 4 is 34.1 Å². The average Bonchev–Trinajstić information content (AvgIpc) is 2.46. The van der Waals surface area contributed by atoms with Gasteiger partial charge in [-0.2, -0.15) is 0 Å². The Labute approximate surface area is 131 Å². The topological polar surface area (TPSA) is 25.8 Å². The largest absolute Gasteiger partial charge is 0.228 e. The maximum atomic E-state index is 13.7. The summed E-state index contributed by atoms with van der Waals surface area (Å²) < 4.78 is 13.7. The maximum Gasteiger partial charge on any atom is 0.161 e. The molecule has 0 aliphatic rings. The van der Waals surface area contributed by atoms with Gasteiger partial charge in [0.1, 0.15) is 11.0 Å². The first kappa shape index (κ1) is 14.2. The van der Waals surface area contributed by atoms with Crippen LogP contribution in [0, 0.1) is 19.7 Å². The predicted octanol–water partition coefficient (Wildman–Crippen LogP) is 5.36. The van der Waals surface area contributed by atoms with Gasteiger partial charge in [0.05, 0.1) is 5.52 Å². The second kappa shape index (κ2) is 5.24. The van der Waals surface area contributed by atoms with Crippen LogP contribution in [0.25, 0.3) is 22.3 Å². The van der Waals surface area contributed by atoms with Gasteiger partial charge in [0.2, 0.25) is 0 Å². The Balaban J connectivity index is 2.28. The van der Waals surface area contributed by atoms with Gasteiger partial charge in [0.15, 0.2) is 5.82 Å². The lowest BCUT2D eigenvalue weighted by molar-refractivity contribution is 0.619. The van der Waals surface area contributed by atoms with Crippen LogP contribution in [0.2, 0.25) is 10.2 Å². The minimum atomic E-state index is -0.296. The molecule has 2 nitrogen and oxygen atoms in total. The number of hydrogen-bond donors (Lipinski definition) is 0. The zero-order valence-corrected chi connectivity index (χ0v) is 12.9. The first-order chi connectivity index (χ1) is 9.97. The number of fused-ring (bicyclic) bond motifs is 1. The van der Waals surface area contributed by atoms with Crippen molar-refractivity contribution in [3.63, 3.8) is 0 Å². The highest BCUT2D eigenvalue weighted by atomic mass is 35.5. The van der Waals surface area contributed by atoms with E-state index in [1.54, 1.807) is 31.2 Å². The quantitative estimate of drug-likeness (QED) is 0.564. The van der Waals surface area contributed by atoms with Crippen LogP contribution in [0.5, 0.6) is 0 Å². The van der Waals surface area contributed by atoms with E-state index >= 15 is 0 Å². The fourth-order valence-electron chi connectivity index (χ4n) is 2.13. The molecule has 0 N–H and O–H groups in total. The van der Waals surface area contributed by atoms with Crippen LogP contribution in [0.1, 0.15) is 11.1 Å². The highest BCUT2D eigenvalue weighted by molar-refractivity contribution is 6.35. The van der Waals surface area contributed by atoms with Crippen LogP contribution < -0.4 is 0 Å². The zero-order valence-electron chi connectivity index (χ0n) is 11.4. The van der Waals surface area contributed by atoms with Crippen molar-refractivity contribution in [3.8, 4) is 11.4 Å². The van der Waals surface area contributed by atoms with Gasteiger partial charge >= 0.3 is 0 Å². The van der Waals surface area contributed by atoms with E-state index in [0.717, 1.165) is 10.9 Å². The van der Waals surface area contributed by atoms with Gasteiger partial charge < -0.3 is 0 Å². The molecule has 1 heterocycles. The van der Waals surface area contributed by atoms with E-state index in [1.165, 1.54) is 6.07 Å². The summed E-state index contributed by atoms with van der Waals surface area (Å²) in [5.74, 6) is 0.0897. The lowest BCUT2D eigenvalue weighted by Gasteiger charge is -2.08. The first-order valence-electron chi connectivity index (χ1n) is 6.36. The number of benzene rings is 2. The Kier molecular flexibility index (Phi) is 3.56. The summed E-state index contributed by atoms with van der Waals surface area (Å²) in [4.78, 5) is 8.75. The molecule has 1 aromatic heterocycles. The van der Waals surface area contributed by atoms with Crippen molar-refractivity contribution < 1.29 is 4.39 Å². The average molecular weight is 321 g/mol. The molecule has 106 valence electrons. The standard InChI is InChI=1S/C16H11Cl2FN2/c1-8-3-4-10(7-13(8)19)16-20-14-9(2)12(17)6-5-11(14)15(18)21-16/h3-7H,1-2H3. The fourth-order valence-corrected chi connectivity index (χ4v) is 2.52. The molecule has 0 aliphatic carbocycles. The number of aromatic nitrogens is 2. The third kappa shape index (κ3) is 2.47. The van der Waals surface area contributed by atoms with Crippen molar-refractivity contribution in [2.24, 2.45) is 0 Å². The fraction of sp³-hybridized carbons (Fsp3) is 0.125. The minimum Gasteiger partial charge on any atom is -0.228 e. The van der Waals surface area contributed by atoms with Crippen LogP contribution in [-0.2, 0) is 0 Å². The molecule has 0 spiro atoms. The second-order valence-electron chi connectivity index (χ2n) is 4.87. The molecule has 0 unspecified atom stereocenters. The van der Waals surface area contributed by atoms with E-state index in [1.807, 2.05) is 6.92 Å². The lowest BCUT2D eigenvalue weighted by Crippen LogP contribution is -1.95. The van der Waals surface area contributed by atoms with E-state index in [2.05, 4.69) is 9.97 Å². The molecule has 0 aliphatic heterocycles. The zero-order chi connectivity index (χ0) is 15.1. The van der Waals surface area contributed by atoms with Crippen LogP contribution >= 0.6 is 23.2 Å².